The van der Waals surface area contributed by atoms with Gasteiger partial charge in [-0.25, -0.2) is 9.79 Å². The molecule has 0 saturated heterocycles. The van der Waals surface area contributed by atoms with Crippen LogP contribution in [0.5, 0.6) is 17.2 Å². The number of thiazole rings is 1. The van der Waals surface area contributed by atoms with Crippen LogP contribution in [-0.4, -0.2) is 36.8 Å². The molecule has 1 aromatic heterocycles. The number of hydrogen-bond donors (Lipinski definition) is 0. The fourth-order valence-corrected chi connectivity index (χ4v) is 5.36. The van der Waals surface area contributed by atoms with Crippen molar-refractivity contribution in [2.45, 2.75) is 33.7 Å². The van der Waals surface area contributed by atoms with Gasteiger partial charge in [0.2, 0.25) is 0 Å². The number of carbonyl (C=O) groups is 2. The van der Waals surface area contributed by atoms with Gasteiger partial charge in [0.15, 0.2) is 16.3 Å². The topological polar surface area (TPSA) is 105 Å². The molecule has 0 saturated carbocycles. The van der Waals surface area contributed by atoms with Crippen LogP contribution in [0.2, 0.25) is 0 Å². The molecule has 10 heteroatoms. The summed E-state index contributed by atoms with van der Waals surface area (Å²) < 4.78 is 23.9. The lowest BCUT2D eigenvalue weighted by molar-refractivity contribution is -0.140. The number of rotatable bonds is 10. The van der Waals surface area contributed by atoms with Crippen molar-refractivity contribution in [2.75, 3.05) is 20.3 Å². The number of ether oxygens (including phenoxy) is 4. The van der Waals surface area contributed by atoms with E-state index in [1.54, 1.807) is 37.3 Å². The first-order valence-corrected chi connectivity index (χ1v) is 13.8. The molecular formula is C31H32N2O7S. The first-order chi connectivity index (χ1) is 19.6. The predicted octanol–water partition coefficient (Wildman–Crippen LogP) is 3.93. The summed E-state index contributed by atoms with van der Waals surface area (Å²) in [6.45, 7) is 11.1. The largest absolute Gasteiger partial charge is 0.493 e. The second kappa shape index (κ2) is 12.8. The van der Waals surface area contributed by atoms with E-state index in [9.17, 15) is 14.4 Å². The molecule has 0 N–H and O–H groups in total. The third-order valence-corrected chi connectivity index (χ3v) is 7.05. The first kappa shape index (κ1) is 29.5. The molecule has 0 spiro atoms. The normalized spacial score (nSPS) is 14.8. The van der Waals surface area contributed by atoms with Crippen LogP contribution in [0.25, 0.3) is 6.08 Å². The van der Waals surface area contributed by atoms with Crippen LogP contribution in [0.15, 0.2) is 76.2 Å². The minimum Gasteiger partial charge on any atom is -0.493 e. The molecule has 41 heavy (non-hydrogen) atoms. The van der Waals surface area contributed by atoms with Gasteiger partial charge in [-0.1, -0.05) is 56.0 Å². The highest BCUT2D eigenvalue weighted by molar-refractivity contribution is 7.07. The third-order valence-electron chi connectivity index (χ3n) is 6.07. The van der Waals surface area contributed by atoms with Crippen molar-refractivity contribution in [3.63, 3.8) is 0 Å². The molecule has 4 rings (SSSR count). The lowest BCUT2D eigenvalue weighted by Crippen LogP contribution is -2.40. The number of nitrogens with zero attached hydrogens (tertiary/aromatic N) is 2. The minimum absolute atomic E-state index is 0.119. The second-order valence-electron chi connectivity index (χ2n) is 9.75. The van der Waals surface area contributed by atoms with Crippen LogP contribution in [0.3, 0.4) is 0 Å². The van der Waals surface area contributed by atoms with Gasteiger partial charge in [-0.15, -0.1) is 0 Å². The van der Waals surface area contributed by atoms with E-state index >= 15 is 0 Å². The fraction of sp³-hybridized carbons (Fsp3) is 0.290. The fourth-order valence-electron chi connectivity index (χ4n) is 4.31. The van der Waals surface area contributed by atoms with Crippen LogP contribution in [-0.2, 0) is 14.3 Å². The van der Waals surface area contributed by atoms with Gasteiger partial charge < -0.3 is 18.9 Å². The van der Waals surface area contributed by atoms with Crippen LogP contribution in [0.1, 0.15) is 44.9 Å². The highest BCUT2D eigenvalue weighted by Gasteiger charge is 2.34. The van der Waals surface area contributed by atoms with Crippen LogP contribution < -0.4 is 29.1 Å². The Hall–Kier alpha value is -4.44. The van der Waals surface area contributed by atoms with E-state index in [0.29, 0.717) is 33.0 Å². The average Bonchev–Trinajstić information content (AvgIpc) is 3.23. The Morgan fingerprint density at radius 3 is 2.63 bits per heavy atom. The van der Waals surface area contributed by atoms with E-state index in [4.69, 9.17) is 18.9 Å². The Morgan fingerprint density at radius 1 is 1.17 bits per heavy atom. The van der Waals surface area contributed by atoms with Crippen molar-refractivity contribution in [1.29, 1.82) is 0 Å². The van der Waals surface area contributed by atoms with Crippen molar-refractivity contribution in [2.24, 2.45) is 10.9 Å². The molecule has 1 aliphatic heterocycles. The zero-order valence-corrected chi connectivity index (χ0v) is 24.4. The molecule has 0 radical (unpaired) electrons. The summed E-state index contributed by atoms with van der Waals surface area (Å²) in [5.74, 6) is 0.204. The highest BCUT2D eigenvalue weighted by atomic mass is 32.1. The predicted molar refractivity (Wildman–Crippen MR) is 156 cm³/mol. The van der Waals surface area contributed by atoms with Gasteiger partial charge in [-0.3, -0.25) is 14.2 Å². The van der Waals surface area contributed by atoms with Gasteiger partial charge in [0.25, 0.3) is 5.56 Å². The third kappa shape index (κ3) is 6.66. The molecule has 1 unspecified atom stereocenters. The highest BCUT2D eigenvalue weighted by Crippen LogP contribution is 2.36. The lowest BCUT2D eigenvalue weighted by Gasteiger charge is -2.25. The smallest absolute Gasteiger partial charge is 0.338 e. The number of hydrogen-bond acceptors (Lipinski definition) is 9. The van der Waals surface area contributed by atoms with Gasteiger partial charge in [0, 0.05) is 6.92 Å². The lowest BCUT2D eigenvalue weighted by atomic mass is 9.95. The molecule has 0 fully saturated rings. The molecule has 2 aromatic carbocycles. The van der Waals surface area contributed by atoms with Gasteiger partial charge in [-0.05, 0) is 54.3 Å². The molecule has 9 nitrogen and oxygen atoms in total. The van der Waals surface area contributed by atoms with Crippen molar-refractivity contribution < 1.29 is 28.5 Å². The Kier molecular flexibility index (Phi) is 9.24. The van der Waals surface area contributed by atoms with Gasteiger partial charge in [-0.2, -0.15) is 0 Å². The molecule has 1 atom stereocenters. The van der Waals surface area contributed by atoms with Crippen molar-refractivity contribution >= 4 is 29.4 Å². The number of fused-ring (bicyclic) bond motifs is 1. The quantitative estimate of drug-likeness (QED) is 0.205. The Morgan fingerprint density at radius 2 is 1.95 bits per heavy atom. The zero-order chi connectivity index (χ0) is 29.7. The van der Waals surface area contributed by atoms with Crippen LogP contribution >= 0.6 is 11.3 Å². The molecular weight excluding hydrogens is 544 g/mol. The minimum atomic E-state index is -0.851. The van der Waals surface area contributed by atoms with E-state index < -0.39 is 18.0 Å². The number of methoxy groups -OCH3 is 1. The summed E-state index contributed by atoms with van der Waals surface area (Å²) in [6, 6.07) is 11.4. The van der Waals surface area contributed by atoms with Gasteiger partial charge >= 0.3 is 11.9 Å². The first-order valence-electron chi connectivity index (χ1n) is 13.0. The van der Waals surface area contributed by atoms with E-state index in [1.807, 2.05) is 38.1 Å². The van der Waals surface area contributed by atoms with E-state index in [0.717, 1.165) is 5.56 Å². The van der Waals surface area contributed by atoms with Gasteiger partial charge in [0.05, 0.1) is 35.6 Å². The van der Waals surface area contributed by atoms with Crippen molar-refractivity contribution in [3.8, 4) is 17.2 Å². The zero-order valence-electron chi connectivity index (χ0n) is 23.6. The molecule has 0 amide bonds. The number of allylic oxidation sites excluding steroid dienone is 1. The number of carbonyl (C=O) groups excluding carboxylic acids is 2. The summed E-state index contributed by atoms with van der Waals surface area (Å²) in [6.07, 6.45) is 3.42. The van der Waals surface area contributed by atoms with Crippen LogP contribution in [0, 0.1) is 5.92 Å². The second-order valence-corrected chi connectivity index (χ2v) is 10.8. The molecule has 3 aromatic rings. The van der Waals surface area contributed by atoms with Gasteiger partial charge in [0.1, 0.15) is 12.4 Å². The molecule has 214 valence electrons. The average molecular weight is 577 g/mol. The standard InChI is InChI=1S/C31H32N2O7S/c1-7-13-38-23-10-8-9-21(14-23)15-26-29(35)33-28(22-11-12-24(40-20(5)34)25(16-22)37-6)27(19(4)32-31(33)41-26)30(36)39-17-18(2)3/h7-12,14-16,18,28H,1,13,17H2,2-6H3/b26-15+. The summed E-state index contributed by atoms with van der Waals surface area (Å²) in [4.78, 5) is 44.0. The molecule has 0 aliphatic carbocycles. The Bertz CT molecular complexity index is 1700. The SMILES string of the molecule is C=CCOc1cccc(/C=c2/sc3n(c2=O)C(c2ccc(OC(C)=O)c(OC)c2)C(C(=O)OCC(C)C)=C(C)N=3)c1. The van der Waals surface area contributed by atoms with E-state index in [2.05, 4.69) is 11.6 Å². The number of benzene rings is 2. The number of aromatic nitrogens is 1. The maximum absolute atomic E-state index is 13.9. The maximum atomic E-state index is 13.9. The summed E-state index contributed by atoms with van der Waals surface area (Å²) in [5, 5.41) is 0. The molecule has 2 heterocycles. The maximum Gasteiger partial charge on any atom is 0.338 e. The molecule has 0 bridgehead atoms. The summed E-state index contributed by atoms with van der Waals surface area (Å²) in [7, 11) is 1.45. The van der Waals surface area contributed by atoms with Crippen molar-refractivity contribution in [3.05, 3.63) is 97.2 Å². The monoisotopic (exact) mass is 576 g/mol. The Balaban J connectivity index is 1.89. The summed E-state index contributed by atoms with van der Waals surface area (Å²) >= 11 is 1.22. The van der Waals surface area contributed by atoms with E-state index in [1.165, 1.54) is 29.9 Å². The Labute approximate surface area is 241 Å². The van der Waals surface area contributed by atoms with Crippen molar-refractivity contribution in [1.82, 2.24) is 4.57 Å². The van der Waals surface area contributed by atoms with E-state index in [-0.39, 0.29) is 35.2 Å². The van der Waals surface area contributed by atoms with Crippen LogP contribution in [0.4, 0.5) is 0 Å². The molecule has 1 aliphatic rings. The number of esters is 2. The summed E-state index contributed by atoms with van der Waals surface area (Å²) in [5.41, 5.74) is 1.70.